The summed E-state index contributed by atoms with van der Waals surface area (Å²) in [7, 11) is 0. The number of aromatic nitrogens is 1. The molecule has 2 rings (SSSR count). The molecule has 2 amide bonds. The lowest BCUT2D eigenvalue weighted by molar-refractivity contribution is 0.125. The van der Waals surface area contributed by atoms with Crippen LogP contribution in [0, 0.1) is 0 Å². The summed E-state index contributed by atoms with van der Waals surface area (Å²) < 4.78 is 5.31. The molecular formula is C14H21N3O2. The molecule has 0 spiro atoms. The molecule has 104 valence electrons. The molecule has 5 heteroatoms. The van der Waals surface area contributed by atoms with E-state index in [0.717, 1.165) is 31.8 Å². The number of carbonyl (C=O) groups excluding carboxylic acids is 1. The van der Waals surface area contributed by atoms with Crippen molar-refractivity contribution in [3.8, 4) is 0 Å². The molecule has 0 aromatic carbocycles. The number of ether oxygens (including phenoxy) is 1. The first kappa shape index (κ1) is 13.8. The Kier molecular flexibility index (Phi) is 5.15. The van der Waals surface area contributed by atoms with Gasteiger partial charge in [-0.15, -0.1) is 0 Å². The average molecular weight is 263 g/mol. The molecule has 1 saturated heterocycles. The van der Waals surface area contributed by atoms with E-state index >= 15 is 0 Å². The van der Waals surface area contributed by atoms with Gasteiger partial charge in [-0.25, -0.2) is 4.79 Å². The Balaban J connectivity index is 1.62. The zero-order valence-corrected chi connectivity index (χ0v) is 11.3. The lowest BCUT2D eigenvalue weighted by Crippen LogP contribution is -2.53. The van der Waals surface area contributed by atoms with Crippen molar-refractivity contribution < 1.29 is 9.53 Å². The number of likely N-dealkylation sites (tertiary alicyclic amines) is 1. The molecule has 0 saturated carbocycles. The van der Waals surface area contributed by atoms with Gasteiger partial charge in [0.05, 0.1) is 6.61 Å². The molecule has 0 unspecified atom stereocenters. The highest BCUT2D eigenvalue weighted by Crippen LogP contribution is 2.24. The van der Waals surface area contributed by atoms with Gasteiger partial charge in [0.2, 0.25) is 0 Å². The van der Waals surface area contributed by atoms with Crippen LogP contribution in [-0.2, 0) is 4.74 Å². The summed E-state index contributed by atoms with van der Waals surface area (Å²) in [5.41, 5.74) is 1.07. The Bertz CT molecular complexity index is 391. The van der Waals surface area contributed by atoms with Crippen molar-refractivity contribution in [2.45, 2.75) is 19.3 Å². The fraction of sp³-hybridized carbons (Fsp3) is 0.571. The zero-order valence-electron chi connectivity index (χ0n) is 11.3. The van der Waals surface area contributed by atoms with Crippen molar-refractivity contribution in [2.75, 3.05) is 32.8 Å². The number of nitrogens with zero attached hydrogens (tertiary/aromatic N) is 2. The van der Waals surface area contributed by atoms with Gasteiger partial charge >= 0.3 is 6.03 Å². The lowest BCUT2D eigenvalue weighted by Gasteiger charge is -2.38. The molecular weight excluding hydrogens is 242 g/mol. The van der Waals surface area contributed by atoms with Gasteiger partial charge in [-0.3, -0.25) is 4.98 Å². The molecule has 5 nitrogen and oxygen atoms in total. The number of amides is 2. The predicted molar refractivity (Wildman–Crippen MR) is 73.1 cm³/mol. The number of nitrogens with one attached hydrogen (secondary N) is 1. The van der Waals surface area contributed by atoms with E-state index < -0.39 is 0 Å². The van der Waals surface area contributed by atoms with Crippen LogP contribution in [0.3, 0.4) is 0 Å². The van der Waals surface area contributed by atoms with E-state index in [1.807, 2.05) is 18.2 Å². The van der Waals surface area contributed by atoms with Crippen molar-refractivity contribution in [2.24, 2.45) is 0 Å². The van der Waals surface area contributed by atoms with E-state index in [-0.39, 0.29) is 6.03 Å². The van der Waals surface area contributed by atoms with Gasteiger partial charge in [0.25, 0.3) is 0 Å². The summed E-state index contributed by atoms with van der Waals surface area (Å²) in [6, 6.07) is 5.89. The second-order valence-corrected chi connectivity index (χ2v) is 4.70. The van der Waals surface area contributed by atoms with Gasteiger partial charge in [0.15, 0.2) is 0 Å². The van der Waals surface area contributed by atoms with Gasteiger partial charge in [-0.1, -0.05) is 13.0 Å². The molecule has 19 heavy (non-hydrogen) atoms. The summed E-state index contributed by atoms with van der Waals surface area (Å²) in [5.74, 6) is 0.378. The summed E-state index contributed by atoms with van der Waals surface area (Å²) in [6.45, 7) is 5.47. The largest absolute Gasteiger partial charge is 0.380 e. The van der Waals surface area contributed by atoms with Crippen LogP contribution in [0.5, 0.6) is 0 Å². The average Bonchev–Trinajstić information content (AvgIpc) is 2.38. The third kappa shape index (κ3) is 3.92. The molecule has 0 atom stereocenters. The first-order valence-electron chi connectivity index (χ1n) is 6.82. The molecule has 0 aliphatic carbocycles. The van der Waals surface area contributed by atoms with Gasteiger partial charge < -0.3 is 15.0 Å². The van der Waals surface area contributed by atoms with Crippen LogP contribution in [0.1, 0.15) is 25.0 Å². The normalized spacial score (nSPS) is 15.1. The molecule has 1 N–H and O–H groups in total. The van der Waals surface area contributed by atoms with Crippen LogP contribution in [0.4, 0.5) is 4.79 Å². The highest BCUT2D eigenvalue weighted by Gasteiger charge is 2.32. The lowest BCUT2D eigenvalue weighted by atomic mass is 9.96. The van der Waals surface area contributed by atoms with E-state index in [4.69, 9.17) is 4.74 Å². The predicted octanol–water partition coefficient (Wildman–Crippen LogP) is 1.62. The van der Waals surface area contributed by atoms with Crippen LogP contribution in [0.25, 0.3) is 0 Å². The first-order valence-corrected chi connectivity index (χ1v) is 6.82. The molecule has 0 bridgehead atoms. The Hall–Kier alpha value is -1.62. The van der Waals surface area contributed by atoms with Crippen molar-refractivity contribution >= 4 is 6.03 Å². The monoisotopic (exact) mass is 263 g/mol. The molecule has 1 fully saturated rings. The van der Waals surface area contributed by atoms with Crippen LogP contribution < -0.4 is 5.32 Å². The summed E-state index contributed by atoms with van der Waals surface area (Å²) >= 11 is 0. The fourth-order valence-corrected chi connectivity index (χ4v) is 2.04. The zero-order chi connectivity index (χ0) is 13.5. The SMILES string of the molecule is CCCOCCNC(=O)N1CC(c2ccccn2)C1. The minimum atomic E-state index is -0.00715. The molecule has 1 aliphatic rings. The molecule has 1 aromatic heterocycles. The second-order valence-electron chi connectivity index (χ2n) is 4.70. The number of hydrogen-bond donors (Lipinski definition) is 1. The number of pyridine rings is 1. The standard InChI is InChI=1S/C14H21N3O2/c1-2-8-19-9-7-16-14(18)17-10-12(11-17)13-5-3-4-6-15-13/h3-6,12H,2,7-11H2,1H3,(H,16,18). The highest BCUT2D eigenvalue weighted by atomic mass is 16.5. The maximum absolute atomic E-state index is 11.8. The number of carbonyl (C=O) groups is 1. The molecule has 2 heterocycles. The van der Waals surface area contributed by atoms with Crippen molar-refractivity contribution in [3.05, 3.63) is 30.1 Å². The maximum Gasteiger partial charge on any atom is 0.317 e. The second kappa shape index (κ2) is 7.09. The number of hydrogen-bond acceptors (Lipinski definition) is 3. The van der Waals surface area contributed by atoms with E-state index in [1.165, 1.54) is 0 Å². The summed E-state index contributed by atoms with van der Waals surface area (Å²) in [5, 5.41) is 2.86. The van der Waals surface area contributed by atoms with Crippen LogP contribution in [0.15, 0.2) is 24.4 Å². The Labute approximate surface area is 114 Å². The molecule has 1 aromatic rings. The minimum absolute atomic E-state index is 0.00715. The van der Waals surface area contributed by atoms with Crippen molar-refractivity contribution in [1.82, 2.24) is 15.2 Å². The number of urea groups is 1. The summed E-state index contributed by atoms with van der Waals surface area (Å²) in [6.07, 6.45) is 2.80. The molecule has 1 aliphatic heterocycles. The van der Waals surface area contributed by atoms with E-state index in [9.17, 15) is 4.79 Å². The fourth-order valence-electron chi connectivity index (χ4n) is 2.04. The highest BCUT2D eigenvalue weighted by molar-refractivity contribution is 5.75. The first-order chi connectivity index (χ1) is 9.31. The Morgan fingerprint density at radius 3 is 3.00 bits per heavy atom. The smallest absolute Gasteiger partial charge is 0.317 e. The van der Waals surface area contributed by atoms with Crippen LogP contribution in [0.2, 0.25) is 0 Å². The van der Waals surface area contributed by atoms with Gasteiger partial charge in [0, 0.05) is 44.0 Å². The Morgan fingerprint density at radius 2 is 2.32 bits per heavy atom. The quantitative estimate of drug-likeness (QED) is 0.793. The van der Waals surface area contributed by atoms with Crippen molar-refractivity contribution in [1.29, 1.82) is 0 Å². The third-order valence-corrected chi connectivity index (χ3v) is 3.15. The van der Waals surface area contributed by atoms with Gasteiger partial charge in [-0.05, 0) is 18.6 Å². The van der Waals surface area contributed by atoms with Crippen LogP contribution >= 0.6 is 0 Å². The maximum atomic E-state index is 11.8. The van der Waals surface area contributed by atoms with Gasteiger partial charge in [0.1, 0.15) is 0 Å². The Morgan fingerprint density at radius 1 is 1.47 bits per heavy atom. The van der Waals surface area contributed by atoms with E-state index in [1.54, 1.807) is 11.1 Å². The van der Waals surface area contributed by atoms with E-state index in [0.29, 0.717) is 19.1 Å². The third-order valence-electron chi connectivity index (χ3n) is 3.15. The topological polar surface area (TPSA) is 54.5 Å². The summed E-state index contributed by atoms with van der Waals surface area (Å²) in [4.78, 5) is 17.9. The van der Waals surface area contributed by atoms with Crippen LogP contribution in [-0.4, -0.2) is 48.8 Å². The van der Waals surface area contributed by atoms with Gasteiger partial charge in [-0.2, -0.15) is 0 Å². The van der Waals surface area contributed by atoms with E-state index in [2.05, 4.69) is 17.2 Å². The van der Waals surface area contributed by atoms with Crippen molar-refractivity contribution in [3.63, 3.8) is 0 Å². The number of rotatable bonds is 6. The minimum Gasteiger partial charge on any atom is -0.380 e. The molecule has 0 radical (unpaired) electrons.